The van der Waals surface area contributed by atoms with E-state index in [1.807, 2.05) is 4.90 Å². The Morgan fingerprint density at radius 1 is 0.861 bits per heavy atom. The van der Waals surface area contributed by atoms with Crippen molar-refractivity contribution in [3.8, 4) is 0 Å². The van der Waals surface area contributed by atoms with Crippen molar-refractivity contribution >= 4 is 44.7 Å². The second-order valence-electron chi connectivity index (χ2n) is 11.2. The van der Waals surface area contributed by atoms with Gasteiger partial charge in [0.2, 0.25) is 5.91 Å². The number of anilines is 1. The molecule has 36 heavy (non-hydrogen) atoms. The molecule has 0 radical (unpaired) electrons. The first-order chi connectivity index (χ1) is 17.3. The molecular formula is C32H33ClN2O. The zero-order chi connectivity index (χ0) is 25.0. The number of fused-ring (bicyclic) bond motifs is 5. The number of amides is 1. The van der Waals surface area contributed by atoms with Gasteiger partial charge in [0.1, 0.15) is 0 Å². The van der Waals surface area contributed by atoms with Gasteiger partial charge in [-0.25, -0.2) is 0 Å². The number of benzene rings is 4. The average molecular weight is 497 g/mol. The molecule has 1 aliphatic carbocycles. The van der Waals surface area contributed by atoms with Gasteiger partial charge in [-0.15, -0.1) is 0 Å². The molecule has 0 saturated carbocycles. The molecule has 0 bridgehead atoms. The van der Waals surface area contributed by atoms with Crippen LogP contribution in [-0.2, 0) is 17.6 Å². The maximum Gasteiger partial charge on any atom is 0.219 e. The van der Waals surface area contributed by atoms with Crippen LogP contribution in [0.2, 0.25) is 5.02 Å². The Morgan fingerprint density at radius 2 is 1.58 bits per heavy atom. The summed E-state index contributed by atoms with van der Waals surface area (Å²) in [6.07, 6.45) is 2.06. The second-order valence-corrected chi connectivity index (χ2v) is 11.6. The lowest BCUT2D eigenvalue weighted by Gasteiger charge is -2.41. The highest BCUT2D eigenvalue weighted by Crippen LogP contribution is 2.48. The Bertz CT molecular complexity index is 1480. The number of halogens is 1. The number of rotatable bonds is 2. The molecule has 2 aliphatic rings. The van der Waals surface area contributed by atoms with Crippen molar-refractivity contribution in [3.63, 3.8) is 0 Å². The normalized spacial score (nSPS) is 19.5. The molecule has 1 fully saturated rings. The number of piperazine rings is 1. The Labute approximate surface area is 218 Å². The van der Waals surface area contributed by atoms with Gasteiger partial charge in [0.05, 0.1) is 0 Å². The predicted molar refractivity (Wildman–Crippen MR) is 151 cm³/mol. The van der Waals surface area contributed by atoms with Crippen LogP contribution in [-0.4, -0.2) is 37.0 Å². The van der Waals surface area contributed by atoms with E-state index in [1.165, 1.54) is 38.5 Å². The maximum atomic E-state index is 11.7. The molecule has 6 rings (SSSR count). The lowest BCUT2D eigenvalue weighted by Crippen LogP contribution is -2.48. The summed E-state index contributed by atoms with van der Waals surface area (Å²) in [5, 5.41) is 5.80. The van der Waals surface area contributed by atoms with Crippen LogP contribution < -0.4 is 4.90 Å². The highest BCUT2D eigenvalue weighted by atomic mass is 35.5. The van der Waals surface area contributed by atoms with Crippen molar-refractivity contribution in [3.05, 3.63) is 88.4 Å². The van der Waals surface area contributed by atoms with E-state index in [9.17, 15) is 4.79 Å². The van der Waals surface area contributed by atoms with Crippen LogP contribution in [0.1, 0.15) is 43.4 Å². The summed E-state index contributed by atoms with van der Waals surface area (Å²) in [5.74, 6) is 0.615. The number of carbonyl (C=O) groups is 1. The zero-order valence-electron chi connectivity index (χ0n) is 21.4. The predicted octanol–water partition coefficient (Wildman–Crippen LogP) is 7.22. The van der Waals surface area contributed by atoms with Crippen molar-refractivity contribution in [1.29, 1.82) is 0 Å². The molecule has 0 N–H and O–H groups in total. The molecule has 4 aromatic rings. The van der Waals surface area contributed by atoms with Crippen LogP contribution in [0.5, 0.6) is 0 Å². The first-order valence-corrected chi connectivity index (χ1v) is 13.4. The molecule has 1 heterocycles. The highest BCUT2D eigenvalue weighted by molar-refractivity contribution is 6.37. The molecule has 1 amide bonds. The van der Waals surface area contributed by atoms with Crippen molar-refractivity contribution in [2.45, 2.75) is 39.5 Å². The third-order valence-corrected chi connectivity index (χ3v) is 8.87. The van der Waals surface area contributed by atoms with E-state index < -0.39 is 0 Å². The fraction of sp³-hybridized carbons (Fsp3) is 0.344. The van der Waals surface area contributed by atoms with Crippen LogP contribution in [0, 0.1) is 5.41 Å². The van der Waals surface area contributed by atoms with E-state index in [0.29, 0.717) is 5.92 Å². The molecule has 0 spiro atoms. The van der Waals surface area contributed by atoms with Crippen LogP contribution in [0.3, 0.4) is 0 Å². The molecule has 0 aromatic heterocycles. The fourth-order valence-electron chi connectivity index (χ4n) is 6.50. The Hall–Kier alpha value is -3.04. The maximum absolute atomic E-state index is 11.7. The van der Waals surface area contributed by atoms with Gasteiger partial charge in [0.25, 0.3) is 0 Å². The van der Waals surface area contributed by atoms with Crippen LogP contribution in [0.25, 0.3) is 21.5 Å². The second kappa shape index (κ2) is 8.81. The topological polar surface area (TPSA) is 23.6 Å². The van der Waals surface area contributed by atoms with Gasteiger partial charge in [0, 0.05) is 49.2 Å². The van der Waals surface area contributed by atoms with E-state index in [4.69, 9.17) is 11.6 Å². The summed E-state index contributed by atoms with van der Waals surface area (Å²) in [6, 6.07) is 24.4. The molecule has 3 nitrogen and oxygen atoms in total. The minimum atomic E-state index is 0.116. The SMILES string of the molecule is CC(=O)N1CCN(c2cccc(C3Cc4ccc5c(cc(Cl)c6ccccc65)c4CC3(C)C)c2)CC1. The van der Waals surface area contributed by atoms with Gasteiger partial charge in [0.15, 0.2) is 0 Å². The largest absolute Gasteiger partial charge is 0.368 e. The summed E-state index contributed by atoms with van der Waals surface area (Å²) in [7, 11) is 0. The summed E-state index contributed by atoms with van der Waals surface area (Å²) in [4.78, 5) is 16.1. The van der Waals surface area contributed by atoms with E-state index in [0.717, 1.165) is 49.4 Å². The number of carbonyl (C=O) groups excluding carboxylic acids is 1. The van der Waals surface area contributed by atoms with Crippen LogP contribution in [0.15, 0.2) is 66.7 Å². The zero-order valence-corrected chi connectivity index (χ0v) is 22.1. The fourth-order valence-corrected chi connectivity index (χ4v) is 6.78. The van der Waals surface area contributed by atoms with E-state index in [2.05, 4.69) is 85.5 Å². The smallest absolute Gasteiger partial charge is 0.219 e. The molecule has 1 saturated heterocycles. The van der Waals surface area contributed by atoms with Crippen molar-refractivity contribution in [2.24, 2.45) is 5.41 Å². The molecule has 4 aromatic carbocycles. The molecule has 4 heteroatoms. The standard InChI is InChI=1S/C32H33ClN2O/c1-21(36)34-13-15-35(16-14-34)24-8-6-7-23(17-24)30-18-22-11-12-26-25-9-4-5-10-27(25)31(33)19-28(26)29(22)20-32(30,2)3/h4-12,17,19,30H,13-16,18,20H2,1-3H3. The van der Waals surface area contributed by atoms with Gasteiger partial charge < -0.3 is 9.80 Å². The highest BCUT2D eigenvalue weighted by Gasteiger charge is 2.37. The summed E-state index contributed by atoms with van der Waals surface area (Å²) < 4.78 is 0. The Morgan fingerprint density at radius 3 is 2.33 bits per heavy atom. The average Bonchev–Trinajstić information content (AvgIpc) is 2.88. The van der Waals surface area contributed by atoms with E-state index >= 15 is 0 Å². The van der Waals surface area contributed by atoms with Crippen molar-refractivity contribution < 1.29 is 4.79 Å². The molecule has 1 aliphatic heterocycles. The third-order valence-electron chi connectivity index (χ3n) is 8.56. The first kappa shape index (κ1) is 23.4. The van der Waals surface area contributed by atoms with Crippen molar-refractivity contribution in [2.75, 3.05) is 31.1 Å². The lowest BCUT2D eigenvalue weighted by atomic mass is 9.63. The number of nitrogens with zero attached hydrogens (tertiary/aromatic N) is 2. The molecule has 184 valence electrons. The van der Waals surface area contributed by atoms with Gasteiger partial charge in [-0.3, -0.25) is 4.79 Å². The van der Waals surface area contributed by atoms with Crippen LogP contribution >= 0.6 is 11.6 Å². The minimum absolute atomic E-state index is 0.116. The van der Waals surface area contributed by atoms with Gasteiger partial charge >= 0.3 is 0 Å². The molecular weight excluding hydrogens is 464 g/mol. The number of hydrogen-bond donors (Lipinski definition) is 0. The number of hydrogen-bond acceptors (Lipinski definition) is 2. The monoisotopic (exact) mass is 496 g/mol. The van der Waals surface area contributed by atoms with Crippen LogP contribution in [0.4, 0.5) is 5.69 Å². The molecule has 1 unspecified atom stereocenters. The van der Waals surface area contributed by atoms with E-state index in [-0.39, 0.29) is 11.3 Å². The lowest BCUT2D eigenvalue weighted by molar-refractivity contribution is -0.129. The third kappa shape index (κ3) is 3.94. The Balaban J connectivity index is 1.35. The van der Waals surface area contributed by atoms with Gasteiger partial charge in [-0.05, 0) is 75.2 Å². The van der Waals surface area contributed by atoms with Gasteiger partial charge in [-0.2, -0.15) is 0 Å². The summed E-state index contributed by atoms with van der Waals surface area (Å²) in [6.45, 7) is 9.87. The summed E-state index contributed by atoms with van der Waals surface area (Å²) >= 11 is 6.77. The van der Waals surface area contributed by atoms with Gasteiger partial charge in [-0.1, -0.05) is 74.0 Å². The summed E-state index contributed by atoms with van der Waals surface area (Å²) in [5.41, 5.74) is 5.70. The molecule has 1 atom stereocenters. The minimum Gasteiger partial charge on any atom is -0.368 e. The van der Waals surface area contributed by atoms with Crippen molar-refractivity contribution in [1.82, 2.24) is 4.90 Å². The first-order valence-electron chi connectivity index (χ1n) is 13.0. The Kier molecular flexibility index (Phi) is 5.72. The van der Waals surface area contributed by atoms with E-state index in [1.54, 1.807) is 6.92 Å². The quantitative estimate of drug-likeness (QED) is 0.273.